The molecule has 0 spiro atoms. The smallest absolute Gasteiger partial charge is 0.287 e. The average Bonchev–Trinajstić information content (AvgIpc) is 2.28. The van der Waals surface area contributed by atoms with Crippen LogP contribution in [0, 0.1) is 10.1 Å². The molecular weight excluding hydrogens is 256 g/mol. The van der Waals surface area contributed by atoms with Gasteiger partial charge in [0.2, 0.25) is 5.91 Å². The third-order valence-electron chi connectivity index (χ3n) is 2.39. The first kappa shape index (κ1) is 12.8. The molecule has 0 radical (unpaired) electrons. The summed E-state index contributed by atoms with van der Waals surface area (Å²) in [7, 11) is 0. The zero-order valence-corrected chi connectivity index (χ0v) is 10.4. The molecule has 7 nitrogen and oxygen atoms in total. The van der Waals surface area contributed by atoms with Crippen LogP contribution in [0.4, 0.5) is 5.69 Å². The summed E-state index contributed by atoms with van der Waals surface area (Å²) in [5.41, 5.74) is -0.302. The summed E-state index contributed by atoms with van der Waals surface area (Å²) in [5, 5.41) is 17.1. The van der Waals surface area contributed by atoms with Crippen LogP contribution in [0.3, 0.4) is 0 Å². The van der Waals surface area contributed by atoms with Crippen LogP contribution in [0.1, 0.15) is 13.3 Å². The Morgan fingerprint density at radius 1 is 1.56 bits per heavy atom. The highest BCUT2D eigenvalue weighted by Gasteiger charge is 2.23. The number of thioether (sulfide) groups is 1. The molecule has 1 aromatic rings. The number of rotatable bonds is 3. The van der Waals surface area contributed by atoms with E-state index >= 15 is 0 Å². The first-order valence-electron chi connectivity index (χ1n) is 5.37. The number of carbonyl (C=O) groups is 1. The molecule has 2 heterocycles. The van der Waals surface area contributed by atoms with E-state index in [-0.39, 0.29) is 23.1 Å². The van der Waals surface area contributed by atoms with Gasteiger partial charge >= 0.3 is 0 Å². The Kier molecular flexibility index (Phi) is 3.78. The van der Waals surface area contributed by atoms with Crippen molar-refractivity contribution in [1.82, 2.24) is 15.6 Å². The van der Waals surface area contributed by atoms with Gasteiger partial charge in [-0.15, -0.1) is 0 Å². The van der Waals surface area contributed by atoms with Crippen molar-refractivity contribution in [3.05, 3.63) is 28.4 Å². The number of amides is 1. The summed E-state index contributed by atoms with van der Waals surface area (Å²) < 4.78 is 0. The number of nitrogens with zero attached hydrogens (tertiary/aromatic N) is 2. The van der Waals surface area contributed by atoms with Gasteiger partial charge in [-0.1, -0.05) is 11.8 Å². The molecule has 2 rings (SSSR count). The highest BCUT2D eigenvalue weighted by Crippen LogP contribution is 2.22. The van der Waals surface area contributed by atoms with Gasteiger partial charge in [-0.05, 0) is 13.0 Å². The standard InChI is InChI=1S/C10H12N4O3S/c1-6-4-8(15)13-10(12-6)18-9-3-2-7(5-11-9)14(16)17/h2-3,5-6,10,12H,4H2,1H3,(H,13,15). The van der Waals surface area contributed by atoms with E-state index in [4.69, 9.17) is 0 Å². The van der Waals surface area contributed by atoms with E-state index in [0.717, 1.165) is 0 Å². The van der Waals surface area contributed by atoms with E-state index in [1.807, 2.05) is 6.92 Å². The van der Waals surface area contributed by atoms with Gasteiger partial charge in [0.25, 0.3) is 5.69 Å². The molecule has 0 saturated carbocycles. The second-order valence-electron chi connectivity index (χ2n) is 3.95. The Morgan fingerprint density at radius 2 is 2.33 bits per heavy atom. The topological polar surface area (TPSA) is 97.2 Å². The highest BCUT2D eigenvalue weighted by atomic mass is 32.2. The number of hydrogen-bond acceptors (Lipinski definition) is 6. The van der Waals surface area contributed by atoms with Crippen LogP contribution in [-0.2, 0) is 4.79 Å². The molecule has 1 aromatic heterocycles. The van der Waals surface area contributed by atoms with Gasteiger partial charge in [-0.3, -0.25) is 20.2 Å². The van der Waals surface area contributed by atoms with E-state index in [0.29, 0.717) is 11.4 Å². The molecule has 1 fully saturated rings. The first-order chi connectivity index (χ1) is 8.54. The number of aromatic nitrogens is 1. The predicted molar refractivity (Wildman–Crippen MR) is 65.9 cm³/mol. The van der Waals surface area contributed by atoms with Crippen LogP contribution in [-0.4, -0.2) is 27.4 Å². The lowest BCUT2D eigenvalue weighted by molar-refractivity contribution is -0.385. The molecule has 2 atom stereocenters. The Morgan fingerprint density at radius 3 is 2.89 bits per heavy atom. The van der Waals surface area contributed by atoms with E-state index in [2.05, 4.69) is 15.6 Å². The van der Waals surface area contributed by atoms with Crippen LogP contribution in [0.5, 0.6) is 0 Å². The fourth-order valence-corrected chi connectivity index (χ4v) is 2.57. The third-order valence-corrected chi connectivity index (χ3v) is 3.36. The maximum atomic E-state index is 11.3. The van der Waals surface area contributed by atoms with Crippen molar-refractivity contribution < 1.29 is 9.72 Å². The number of nitrogens with one attached hydrogen (secondary N) is 2. The highest BCUT2D eigenvalue weighted by molar-refractivity contribution is 7.99. The quantitative estimate of drug-likeness (QED) is 0.623. The van der Waals surface area contributed by atoms with Gasteiger partial charge < -0.3 is 5.32 Å². The summed E-state index contributed by atoms with van der Waals surface area (Å²) >= 11 is 1.32. The minimum absolute atomic E-state index is 0.0133. The normalized spacial score (nSPS) is 23.5. The summed E-state index contributed by atoms with van der Waals surface area (Å²) in [6, 6.07) is 3.06. The van der Waals surface area contributed by atoms with E-state index in [1.165, 1.54) is 24.0 Å². The Bertz CT molecular complexity index is 465. The monoisotopic (exact) mass is 268 g/mol. The summed E-state index contributed by atoms with van der Waals surface area (Å²) in [6.07, 6.45) is 1.65. The van der Waals surface area contributed by atoms with Gasteiger partial charge in [0.1, 0.15) is 11.7 Å². The van der Waals surface area contributed by atoms with E-state index in [9.17, 15) is 14.9 Å². The second-order valence-corrected chi connectivity index (χ2v) is 5.07. The Balaban J connectivity index is 2.00. The van der Waals surface area contributed by atoms with E-state index < -0.39 is 4.92 Å². The maximum absolute atomic E-state index is 11.3. The molecule has 1 saturated heterocycles. The molecule has 1 amide bonds. The molecule has 2 N–H and O–H groups in total. The zero-order valence-electron chi connectivity index (χ0n) is 9.62. The first-order valence-corrected chi connectivity index (χ1v) is 6.25. The van der Waals surface area contributed by atoms with Crippen molar-refractivity contribution in [2.24, 2.45) is 0 Å². The SMILES string of the molecule is CC1CC(=O)NC(Sc2ccc([N+](=O)[O-])cn2)N1. The van der Waals surface area contributed by atoms with Gasteiger partial charge in [0.15, 0.2) is 0 Å². The minimum atomic E-state index is -0.496. The van der Waals surface area contributed by atoms with Crippen LogP contribution < -0.4 is 10.6 Å². The Labute approximate surface area is 108 Å². The third kappa shape index (κ3) is 3.17. The lowest BCUT2D eigenvalue weighted by atomic mass is 10.2. The van der Waals surface area contributed by atoms with Crippen LogP contribution in [0.15, 0.2) is 23.4 Å². The van der Waals surface area contributed by atoms with Gasteiger partial charge in [-0.25, -0.2) is 4.98 Å². The van der Waals surface area contributed by atoms with Crippen molar-refractivity contribution in [3.63, 3.8) is 0 Å². The van der Waals surface area contributed by atoms with Crippen molar-refractivity contribution >= 4 is 23.4 Å². The van der Waals surface area contributed by atoms with Crippen molar-refractivity contribution in [1.29, 1.82) is 0 Å². The van der Waals surface area contributed by atoms with Crippen molar-refractivity contribution in [2.75, 3.05) is 0 Å². The second kappa shape index (κ2) is 5.32. The summed E-state index contributed by atoms with van der Waals surface area (Å²) in [6.45, 7) is 1.93. The maximum Gasteiger partial charge on any atom is 0.287 e. The molecule has 0 aromatic carbocycles. The molecule has 1 aliphatic rings. The van der Waals surface area contributed by atoms with Gasteiger partial charge in [0, 0.05) is 18.5 Å². The number of pyridine rings is 1. The zero-order chi connectivity index (χ0) is 13.1. The van der Waals surface area contributed by atoms with Crippen LogP contribution in [0.2, 0.25) is 0 Å². The molecular formula is C10H12N4O3S. The van der Waals surface area contributed by atoms with Crippen molar-refractivity contribution in [3.8, 4) is 0 Å². The summed E-state index contributed by atoms with van der Waals surface area (Å²) in [5.74, 6) is -0.0133. The lowest BCUT2D eigenvalue weighted by Crippen LogP contribution is -2.53. The number of hydrogen-bond donors (Lipinski definition) is 2. The van der Waals surface area contributed by atoms with Gasteiger partial charge in [0.05, 0.1) is 9.95 Å². The number of carbonyl (C=O) groups excluding carboxylic acids is 1. The molecule has 1 aliphatic heterocycles. The largest absolute Gasteiger partial charge is 0.331 e. The Hall–Kier alpha value is -1.67. The van der Waals surface area contributed by atoms with Gasteiger partial charge in [-0.2, -0.15) is 0 Å². The lowest BCUT2D eigenvalue weighted by Gasteiger charge is -2.28. The molecule has 2 unspecified atom stereocenters. The molecule has 8 heteroatoms. The fraction of sp³-hybridized carbons (Fsp3) is 0.400. The predicted octanol–water partition coefficient (Wildman–Crippen LogP) is 0.863. The minimum Gasteiger partial charge on any atom is -0.331 e. The van der Waals surface area contributed by atoms with E-state index in [1.54, 1.807) is 6.07 Å². The summed E-state index contributed by atoms with van der Waals surface area (Å²) in [4.78, 5) is 25.3. The molecule has 18 heavy (non-hydrogen) atoms. The molecule has 0 aliphatic carbocycles. The number of nitro groups is 1. The fourth-order valence-electron chi connectivity index (χ4n) is 1.58. The average molecular weight is 268 g/mol. The molecule has 0 bridgehead atoms. The van der Waals surface area contributed by atoms with Crippen LogP contribution >= 0.6 is 11.8 Å². The van der Waals surface area contributed by atoms with Crippen LogP contribution in [0.25, 0.3) is 0 Å². The van der Waals surface area contributed by atoms with Crippen molar-refractivity contribution in [2.45, 2.75) is 29.9 Å². The molecule has 96 valence electrons.